The molecule has 220 valence electrons. The zero-order chi connectivity index (χ0) is 29.7. The Kier molecular flexibility index (Phi) is 11.2. The van der Waals surface area contributed by atoms with Crippen LogP contribution in [0.5, 0.6) is 23.0 Å². The summed E-state index contributed by atoms with van der Waals surface area (Å²) < 4.78 is 23.0. The van der Waals surface area contributed by atoms with Crippen LogP contribution in [-0.4, -0.2) is 51.8 Å². The first kappa shape index (κ1) is 30.5. The lowest BCUT2D eigenvalue weighted by atomic mass is 9.90. The Bertz CT molecular complexity index is 1370. The number of hydrogen-bond donors (Lipinski definition) is 1. The molecule has 0 aliphatic carbocycles. The van der Waals surface area contributed by atoms with E-state index in [0.717, 1.165) is 36.4 Å². The van der Waals surface area contributed by atoms with E-state index >= 15 is 0 Å². The molecule has 4 rings (SSSR count). The Morgan fingerprint density at radius 1 is 0.762 bits per heavy atom. The van der Waals surface area contributed by atoms with Crippen LogP contribution in [0.25, 0.3) is 0 Å². The lowest BCUT2D eigenvalue weighted by Gasteiger charge is -2.29. The lowest BCUT2D eigenvalue weighted by molar-refractivity contribution is -0.117. The maximum absolute atomic E-state index is 11.4. The first-order valence-electron chi connectivity index (χ1n) is 14.1. The van der Waals surface area contributed by atoms with Gasteiger partial charge in [-0.15, -0.1) is 0 Å². The summed E-state index contributed by atoms with van der Waals surface area (Å²) in [6.07, 6.45) is 0.919. The van der Waals surface area contributed by atoms with E-state index in [1.807, 2.05) is 24.3 Å². The van der Waals surface area contributed by atoms with Gasteiger partial charge in [0, 0.05) is 31.1 Å². The number of nitrogens with zero attached hydrogens (tertiary/aromatic N) is 1. The summed E-state index contributed by atoms with van der Waals surface area (Å²) in [5.41, 5.74) is 9.76. The van der Waals surface area contributed by atoms with Crippen LogP contribution in [0.4, 0.5) is 0 Å². The summed E-state index contributed by atoms with van der Waals surface area (Å²) in [7, 11) is 4.94. The van der Waals surface area contributed by atoms with Gasteiger partial charge in [-0.25, -0.2) is 0 Å². The monoisotopic (exact) mass is 568 g/mol. The van der Waals surface area contributed by atoms with Crippen LogP contribution in [0.1, 0.15) is 34.6 Å². The molecular formula is C35H40N2O5. The number of rotatable bonds is 16. The molecule has 2 N–H and O–H groups in total. The van der Waals surface area contributed by atoms with Crippen molar-refractivity contribution < 1.29 is 23.7 Å². The third-order valence-electron chi connectivity index (χ3n) is 7.21. The average Bonchev–Trinajstić information content (AvgIpc) is 3.02. The van der Waals surface area contributed by atoms with Gasteiger partial charge in [0.1, 0.15) is 0 Å². The number of nitrogens with two attached hydrogens (primary N) is 1. The second-order valence-electron chi connectivity index (χ2n) is 10.1. The molecule has 7 heteroatoms. The van der Waals surface area contributed by atoms with Gasteiger partial charge in [0.25, 0.3) is 0 Å². The Hall–Kier alpha value is -4.49. The van der Waals surface area contributed by atoms with E-state index in [9.17, 15) is 4.79 Å². The molecule has 0 unspecified atom stereocenters. The molecule has 1 amide bonds. The Morgan fingerprint density at radius 2 is 1.43 bits per heavy atom. The maximum Gasteiger partial charge on any atom is 0.221 e. The molecule has 0 spiro atoms. The zero-order valence-electron chi connectivity index (χ0n) is 24.6. The van der Waals surface area contributed by atoms with Gasteiger partial charge in [0.05, 0.1) is 34.4 Å². The Labute approximate surface area is 248 Å². The zero-order valence-corrected chi connectivity index (χ0v) is 24.6. The second-order valence-corrected chi connectivity index (χ2v) is 10.1. The second kappa shape index (κ2) is 15.5. The molecule has 0 aromatic heterocycles. The highest BCUT2D eigenvalue weighted by Crippen LogP contribution is 2.33. The molecule has 0 saturated heterocycles. The van der Waals surface area contributed by atoms with Crippen molar-refractivity contribution >= 4 is 5.91 Å². The van der Waals surface area contributed by atoms with Crippen molar-refractivity contribution in [3.05, 3.63) is 119 Å². The predicted molar refractivity (Wildman–Crippen MR) is 166 cm³/mol. The van der Waals surface area contributed by atoms with E-state index in [0.29, 0.717) is 30.4 Å². The molecule has 0 bridgehead atoms. The number of para-hydroxylation sites is 1. The van der Waals surface area contributed by atoms with Crippen LogP contribution < -0.4 is 24.7 Å². The van der Waals surface area contributed by atoms with Crippen molar-refractivity contribution in [3.63, 3.8) is 0 Å². The van der Waals surface area contributed by atoms with Gasteiger partial charge >= 0.3 is 0 Å². The highest BCUT2D eigenvalue weighted by Gasteiger charge is 2.21. The van der Waals surface area contributed by atoms with E-state index < -0.39 is 0 Å². The molecule has 0 atom stereocenters. The van der Waals surface area contributed by atoms with Gasteiger partial charge in [0.2, 0.25) is 5.91 Å². The van der Waals surface area contributed by atoms with Crippen molar-refractivity contribution in [1.82, 2.24) is 4.90 Å². The Morgan fingerprint density at radius 3 is 2.02 bits per heavy atom. The van der Waals surface area contributed by atoms with Gasteiger partial charge in [-0.1, -0.05) is 78.9 Å². The van der Waals surface area contributed by atoms with Crippen molar-refractivity contribution in [2.24, 2.45) is 5.73 Å². The van der Waals surface area contributed by atoms with E-state index in [1.165, 1.54) is 11.1 Å². The van der Waals surface area contributed by atoms with Crippen LogP contribution >= 0.6 is 0 Å². The molecule has 0 radical (unpaired) electrons. The molecule has 0 fully saturated rings. The van der Waals surface area contributed by atoms with Gasteiger partial charge in [-0.3, -0.25) is 9.69 Å². The highest BCUT2D eigenvalue weighted by molar-refractivity contribution is 5.76. The minimum Gasteiger partial charge on any atom is -0.493 e. The smallest absolute Gasteiger partial charge is 0.221 e. The van der Waals surface area contributed by atoms with E-state index in [2.05, 4.69) is 71.6 Å². The first-order valence-corrected chi connectivity index (χ1v) is 14.1. The fourth-order valence-electron chi connectivity index (χ4n) is 5.20. The molecule has 0 aliphatic rings. The first-order chi connectivity index (χ1) is 20.5. The number of benzene rings is 4. The maximum atomic E-state index is 11.4. The number of carbonyl (C=O) groups excluding carboxylic acids is 1. The molecule has 4 aromatic rings. The molecule has 0 heterocycles. The standard InChI is InChI=1S/C35H40N2O5/c1-39-31-19-18-26(23-34(36)38)22-33(31)42-21-11-20-37(24-29-16-10-17-32(40-2)35(29)41-3)25-30(27-12-6-4-7-13-27)28-14-8-5-9-15-28/h4-10,12-19,22,30H,11,20-21,23-25H2,1-3H3,(H2,36,38). The minimum absolute atomic E-state index is 0.150. The molecule has 0 saturated carbocycles. The number of ether oxygens (including phenoxy) is 4. The van der Waals surface area contributed by atoms with Crippen molar-refractivity contribution in [2.75, 3.05) is 41.0 Å². The Balaban J connectivity index is 1.55. The minimum atomic E-state index is -0.388. The SMILES string of the molecule is COc1ccc(CC(N)=O)cc1OCCCN(Cc1cccc(OC)c1OC)CC(c1ccccc1)c1ccccc1. The van der Waals surface area contributed by atoms with Gasteiger partial charge < -0.3 is 24.7 Å². The lowest BCUT2D eigenvalue weighted by Crippen LogP contribution is -2.31. The average molecular weight is 569 g/mol. The van der Waals surface area contributed by atoms with E-state index in [-0.39, 0.29) is 18.2 Å². The van der Waals surface area contributed by atoms with E-state index in [1.54, 1.807) is 27.4 Å². The summed E-state index contributed by atoms with van der Waals surface area (Å²) >= 11 is 0. The van der Waals surface area contributed by atoms with Gasteiger partial charge in [-0.05, 0) is 41.3 Å². The van der Waals surface area contributed by atoms with Crippen LogP contribution in [0.15, 0.2) is 97.1 Å². The number of carbonyl (C=O) groups is 1. The highest BCUT2D eigenvalue weighted by atomic mass is 16.5. The molecule has 4 aromatic carbocycles. The van der Waals surface area contributed by atoms with Crippen LogP contribution in [0, 0.1) is 0 Å². The summed E-state index contributed by atoms with van der Waals surface area (Å²) in [5, 5.41) is 0. The number of primary amides is 1. The summed E-state index contributed by atoms with van der Waals surface area (Å²) in [6.45, 7) is 2.73. The van der Waals surface area contributed by atoms with Crippen molar-refractivity contribution in [1.29, 1.82) is 0 Å². The fraction of sp³-hybridized carbons (Fsp3) is 0.286. The van der Waals surface area contributed by atoms with Crippen LogP contribution in [-0.2, 0) is 17.8 Å². The molecular weight excluding hydrogens is 528 g/mol. The summed E-state index contributed by atoms with van der Waals surface area (Å²) in [4.78, 5) is 13.9. The summed E-state index contributed by atoms with van der Waals surface area (Å²) in [5.74, 6) is 2.46. The molecule has 42 heavy (non-hydrogen) atoms. The third kappa shape index (κ3) is 8.27. The third-order valence-corrected chi connectivity index (χ3v) is 7.21. The van der Waals surface area contributed by atoms with Crippen LogP contribution in [0.2, 0.25) is 0 Å². The number of amides is 1. The van der Waals surface area contributed by atoms with Gasteiger partial charge in [0.15, 0.2) is 23.0 Å². The normalized spacial score (nSPS) is 11.0. The van der Waals surface area contributed by atoms with E-state index in [4.69, 9.17) is 24.7 Å². The fourth-order valence-corrected chi connectivity index (χ4v) is 5.20. The van der Waals surface area contributed by atoms with Crippen molar-refractivity contribution in [2.45, 2.75) is 25.3 Å². The van der Waals surface area contributed by atoms with Crippen molar-refractivity contribution in [3.8, 4) is 23.0 Å². The number of methoxy groups -OCH3 is 3. The summed E-state index contributed by atoms with van der Waals surface area (Å²) in [6, 6.07) is 32.7. The molecule has 0 aliphatic heterocycles. The van der Waals surface area contributed by atoms with Crippen LogP contribution in [0.3, 0.4) is 0 Å². The van der Waals surface area contributed by atoms with Gasteiger partial charge in [-0.2, -0.15) is 0 Å². The molecule has 7 nitrogen and oxygen atoms in total. The predicted octanol–water partition coefficient (Wildman–Crippen LogP) is 5.84. The largest absolute Gasteiger partial charge is 0.493 e. The quantitative estimate of drug-likeness (QED) is 0.171. The topological polar surface area (TPSA) is 83.2 Å². The number of hydrogen-bond acceptors (Lipinski definition) is 6.